The predicted octanol–water partition coefficient (Wildman–Crippen LogP) is 1.52. The van der Waals surface area contributed by atoms with E-state index in [1.54, 1.807) is 0 Å². The largest absolute Gasteiger partial charge is 0.353 e. The molecule has 3 unspecified atom stereocenters. The number of nitrogens with one attached hydrogen (secondary N) is 1. The van der Waals surface area contributed by atoms with Gasteiger partial charge in [-0.1, -0.05) is 27.7 Å². The Morgan fingerprint density at radius 2 is 1.64 bits per heavy atom. The van der Waals surface area contributed by atoms with Gasteiger partial charge in [0.2, 0.25) is 5.91 Å². The highest BCUT2D eigenvalue weighted by Gasteiger charge is 2.24. The molecule has 0 fully saturated rings. The van der Waals surface area contributed by atoms with Crippen molar-refractivity contribution in [3.8, 4) is 0 Å². The van der Waals surface area contributed by atoms with Crippen LogP contribution in [0.15, 0.2) is 0 Å². The summed E-state index contributed by atoms with van der Waals surface area (Å²) in [4.78, 5) is 11.7. The van der Waals surface area contributed by atoms with Gasteiger partial charge in [0, 0.05) is 18.0 Å². The Bertz CT molecular complexity index is 194. The standard InChI is InChI=1S/C11H24N2O/c1-7(8(2)12)10(14)13-9(3)11(4,5)6/h7-9H,12H2,1-6H3,(H,13,14). The first-order valence-corrected chi connectivity index (χ1v) is 5.22. The summed E-state index contributed by atoms with van der Waals surface area (Å²) in [6.45, 7) is 12.0. The number of amides is 1. The monoisotopic (exact) mass is 200 g/mol. The van der Waals surface area contributed by atoms with Gasteiger partial charge in [-0.05, 0) is 19.3 Å². The third-order valence-electron chi connectivity index (χ3n) is 2.86. The summed E-state index contributed by atoms with van der Waals surface area (Å²) in [5, 5.41) is 2.98. The predicted molar refractivity (Wildman–Crippen MR) is 59.9 cm³/mol. The summed E-state index contributed by atoms with van der Waals surface area (Å²) in [6, 6.07) is 0.0679. The van der Waals surface area contributed by atoms with E-state index in [1.165, 1.54) is 0 Å². The number of nitrogens with two attached hydrogens (primary N) is 1. The molecule has 0 spiro atoms. The molecular weight excluding hydrogens is 176 g/mol. The summed E-state index contributed by atoms with van der Waals surface area (Å²) < 4.78 is 0. The highest BCUT2D eigenvalue weighted by atomic mass is 16.1. The van der Waals surface area contributed by atoms with E-state index in [0.717, 1.165) is 0 Å². The van der Waals surface area contributed by atoms with Crippen LogP contribution in [-0.4, -0.2) is 18.0 Å². The fourth-order valence-electron chi connectivity index (χ4n) is 0.800. The van der Waals surface area contributed by atoms with Gasteiger partial charge >= 0.3 is 0 Å². The van der Waals surface area contributed by atoms with Gasteiger partial charge in [-0.2, -0.15) is 0 Å². The van der Waals surface area contributed by atoms with Crippen molar-refractivity contribution in [1.82, 2.24) is 5.32 Å². The van der Waals surface area contributed by atoms with Crippen molar-refractivity contribution >= 4 is 5.91 Å². The molecule has 14 heavy (non-hydrogen) atoms. The van der Waals surface area contributed by atoms with Crippen LogP contribution < -0.4 is 11.1 Å². The van der Waals surface area contributed by atoms with E-state index in [-0.39, 0.29) is 29.3 Å². The minimum Gasteiger partial charge on any atom is -0.353 e. The summed E-state index contributed by atoms with van der Waals surface area (Å²) in [5.74, 6) is -0.0813. The summed E-state index contributed by atoms with van der Waals surface area (Å²) in [7, 11) is 0. The van der Waals surface area contributed by atoms with Gasteiger partial charge in [0.25, 0.3) is 0 Å². The van der Waals surface area contributed by atoms with E-state index in [2.05, 4.69) is 26.1 Å². The van der Waals surface area contributed by atoms with Gasteiger partial charge in [0.05, 0.1) is 0 Å². The van der Waals surface area contributed by atoms with E-state index < -0.39 is 0 Å². The van der Waals surface area contributed by atoms with E-state index >= 15 is 0 Å². The molecule has 0 aliphatic carbocycles. The minimum absolute atomic E-state index is 0.0439. The molecule has 0 aliphatic heterocycles. The van der Waals surface area contributed by atoms with Gasteiger partial charge in [0.1, 0.15) is 0 Å². The van der Waals surface area contributed by atoms with Crippen molar-refractivity contribution in [3.05, 3.63) is 0 Å². The number of hydrogen-bond acceptors (Lipinski definition) is 2. The Labute approximate surface area is 87.4 Å². The lowest BCUT2D eigenvalue weighted by molar-refractivity contribution is -0.126. The highest BCUT2D eigenvalue weighted by Crippen LogP contribution is 2.18. The molecule has 3 atom stereocenters. The van der Waals surface area contributed by atoms with Crippen molar-refractivity contribution in [1.29, 1.82) is 0 Å². The Hall–Kier alpha value is -0.570. The normalized spacial score (nSPS) is 18.5. The molecule has 1 amide bonds. The topological polar surface area (TPSA) is 55.1 Å². The SMILES string of the molecule is CC(N)C(C)C(=O)NC(C)C(C)(C)C. The Morgan fingerprint density at radius 3 is 1.93 bits per heavy atom. The molecular formula is C11H24N2O. The molecule has 3 nitrogen and oxygen atoms in total. The molecule has 0 rings (SSSR count). The number of hydrogen-bond donors (Lipinski definition) is 2. The molecule has 0 aliphatic rings. The fourth-order valence-corrected chi connectivity index (χ4v) is 0.800. The third kappa shape index (κ3) is 4.09. The molecule has 0 bridgehead atoms. The van der Waals surface area contributed by atoms with Crippen LogP contribution in [0.5, 0.6) is 0 Å². The van der Waals surface area contributed by atoms with Gasteiger partial charge in [-0.25, -0.2) is 0 Å². The first-order valence-electron chi connectivity index (χ1n) is 5.22. The second-order valence-corrected chi connectivity index (χ2v) is 5.24. The molecule has 3 N–H and O–H groups in total. The second kappa shape index (κ2) is 4.78. The fraction of sp³-hybridized carbons (Fsp3) is 0.909. The maximum atomic E-state index is 11.7. The average Bonchev–Trinajstić information content (AvgIpc) is 2.00. The van der Waals surface area contributed by atoms with Crippen LogP contribution in [0.3, 0.4) is 0 Å². The van der Waals surface area contributed by atoms with E-state index in [9.17, 15) is 4.79 Å². The maximum Gasteiger partial charge on any atom is 0.224 e. The van der Waals surface area contributed by atoms with E-state index in [0.29, 0.717) is 0 Å². The zero-order valence-corrected chi connectivity index (χ0v) is 10.2. The van der Waals surface area contributed by atoms with Crippen LogP contribution in [0, 0.1) is 11.3 Å². The summed E-state index contributed by atoms with van der Waals surface area (Å²) in [5.41, 5.74) is 5.75. The van der Waals surface area contributed by atoms with Crippen molar-refractivity contribution in [2.45, 2.75) is 53.6 Å². The number of carbonyl (C=O) groups is 1. The smallest absolute Gasteiger partial charge is 0.224 e. The Kier molecular flexibility index (Phi) is 4.59. The highest BCUT2D eigenvalue weighted by molar-refractivity contribution is 5.79. The third-order valence-corrected chi connectivity index (χ3v) is 2.86. The lowest BCUT2D eigenvalue weighted by atomic mass is 9.87. The van der Waals surface area contributed by atoms with Gasteiger partial charge in [0.15, 0.2) is 0 Å². The first-order chi connectivity index (χ1) is 6.16. The van der Waals surface area contributed by atoms with Crippen molar-refractivity contribution in [2.24, 2.45) is 17.1 Å². The molecule has 0 heterocycles. The molecule has 0 saturated heterocycles. The van der Waals surface area contributed by atoms with Crippen LogP contribution in [0.25, 0.3) is 0 Å². The molecule has 0 aromatic heterocycles. The van der Waals surface area contributed by atoms with Crippen molar-refractivity contribution in [2.75, 3.05) is 0 Å². The molecule has 0 saturated carbocycles. The molecule has 3 heteroatoms. The minimum atomic E-state index is -0.125. The molecule has 0 aromatic carbocycles. The van der Waals surface area contributed by atoms with Crippen molar-refractivity contribution < 1.29 is 4.79 Å². The first kappa shape index (κ1) is 13.4. The van der Waals surface area contributed by atoms with Crippen LogP contribution in [0.4, 0.5) is 0 Å². The number of carbonyl (C=O) groups excluding carboxylic acids is 1. The molecule has 0 aromatic rings. The van der Waals surface area contributed by atoms with Gasteiger partial charge in [-0.15, -0.1) is 0 Å². The van der Waals surface area contributed by atoms with Gasteiger partial charge in [-0.3, -0.25) is 4.79 Å². The maximum absolute atomic E-state index is 11.7. The summed E-state index contributed by atoms with van der Waals surface area (Å²) in [6.07, 6.45) is 0. The lowest BCUT2D eigenvalue weighted by Gasteiger charge is -2.29. The van der Waals surface area contributed by atoms with Crippen LogP contribution >= 0.6 is 0 Å². The Balaban J connectivity index is 4.20. The van der Waals surface area contributed by atoms with E-state index in [1.807, 2.05) is 20.8 Å². The van der Waals surface area contributed by atoms with Crippen LogP contribution in [0.1, 0.15) is 41.5 Å². The van der Waals surface area contributed by atoms with Crippen LogP contribution in [0.2, 0.25) is 0 Å². The molecule has 0 radical (unpaired) electrons. The quantitative estimate of drug-likeness (QED) is 0.725. The average molecular weight is 200 g/mol. The lowest BCUT2D eigenvalue weighted by Crippen LogP contribution is -2.46. The zero-order chi connectivity index (χ0) is 11.5. The van der Waals surface area contributed by atoms with Gasteiger partial charge < -0.3 is 11.1 Å². The van der Waals surface area contributed by atoms with Crippen molar-refractivity contribution in [3.63, 3.8) is 0 Å². The van der Waals surface area contributed by atoms with E-state index in [4.69, 9.17) is 5.73 Å². The zero-order valence-electron chi connectivity index (χ0n) is 10.2. The molecule has 84 valence electrons. The Morgan fingerprint density at radius 1 is 1.21 bits per heavy atom. The number of rotatable bonds is 3. The van der Waals surface area contributed by atoms with Crippen LogP contribution in [-0.2, 0) is 4.79 Å². The second-order valence-electron chi connectivity index (χ2n) is 5.24. The summed E-state index contributed by atoms with van der Waals surface area (Å²) >= 11 is 0.